The molecule has 2 N–H and O–H groups in total. The Morgan fingerprint density at radius 3 is 1.71 bits per heavy atom. The van der Waals surface area contributed by atoms with E-state index in [1.807, 2.05) is 0 Å². The van der Waals surface area contributed by atoms with Gasteiger partial charge in [-0.3, -0.25) is 0 Å². The molecule has 0 atom stereocenters. The van der Waals surface area contributed by atoms with Gasteiger partial charge in [0.25, 0.3) is 0 Å². The lowest BCUT2D eigenvalue weighted by molar-refractivity contribution is 0.412. The van der Waals surface area contributed by atoms with Crippen LogP contribution >= 0.6 is 11.6 Å². The van der Waals surface area contributed by atoms with Gasteiger partial charge in [-0.05, 0) is 41.8 Å². The van der Waals surface area contributed by atoms with E-state index in [9.17, 15) is 26.0 Å². The zero-order valence-corrected chi connectivity index (χ0v) is 15.8. The van der Waals surface area contributed by atoms with E-state index >= 15 is 0 Å². The first-order valence-electron chi connectivity index (χ1n) is 7.78. The number of nitrogens with two attached hydrogens (primary N) is 1. The Morgan fingerprint density at radius 1 is 0.786 bits per heavy atom. The Bertz CT molecular complexity index is 1200. The Balaban J connectivity index is 2.35. The summed E-state index contributed by atoms with van der Waals surface area (Å²) in [5.41, 5.74) is -0.516. The fraction of sp³-hybridized carbons (Fsp3) is 0.0526. The van der Waals surface area contributed by atoms with E-state index in [0.29, 0.717) is 5.56 Å². The van der Waals surface area contributed by atoms with Crippen LogP contribution in [0.25, 0.3) is 22.3 Å². The standard InChI is InChI=1S/C19H12ClF4NO2S/c1-9-2-3-11(8-13(9)20)15-14(16(21)18(23)19(24)17(15)22)10-4-6-12(7-5-10)28(25,26)27/h2-8H,1H3,(H2,25,26,27). The fourth-order valence-corrected chi connectivity index (χ4v) is 3.43. The second-order valence-electron chi connectivity index (χ2n) is 6.04. The lowest BCUT2D eigenvalue weighted by atomic mass is 9.92. The van der Waals surface area contributed by atoms with Crippen molar-refractivity contribution in [2.45, 2.75) is 11.8 Å². The zero-order chi connectivity index (χ0) is 20.8. The van der Waals surface area contributed by atoms with Crippen LogP contribution in [0.15, 0.2) is 47.4 Å². The molecule has 0 radical (unpaired) electrons. The van der Waals surface area contributed by atoms with Crippen LogP contribution in [0.3, 0.4) is 0 Å². The highest BCUT2D eigenvalue weighted by Crippen LogP contribution is 2.40. The first-order chi connectivity index (χ1) is 13.0. The van der Waals surface area contributed by atoms with Crippen LogP contribution < -0.4 is 5.14 Å². The highest BCUT2D eigenvalue weighted by Gasteiger charge is 2.27. The molecule has 9 heteroatoms. The number of hydrogen-bond donors (Lipinski definition) is 1. The van der Waals surface area contributed by atoms with Crippen molar-refractivity contribution in [2.75, 3.05) is 0 Å². The van der Waals surface area contributed by atoms with E-state index in [-0.39, 0.29) is 21.0 Å². The van der Waals surface area contributed by atoms with Crippen LogP contribution in [-0.4, -0.2) is 8.42 Å². The van der Waals surface area contributed by atoms with Gasteiger partial charge in [-0.1, -0.05) is 35.9 Å². The van der Waals surface area contributed by atoms with Crippen molar-refractivity contribution < 1.29 is 26.0 Å². The first kappa shape index (κ1) is 20.3. The number of sulfonamides is 1. The van der Waals surface area contributed by atoms with Crippen LogP contribution in [-0.2, 0) is 10.0 Å². The molecule has 28 heavy (non-hydrogen) atoms. The van der Waals surface area contributed by atoms with Crippen molar-refractivity contribution >= 4 is 21.6 Å². The predicted molar refractivity (Wildman–Crippen MR) is 98.3 cm³/mol. The molecule has 3 aromatic carbocycles. The minimum atomic E-state index is -4.03. The van der Waals surface area contributed by atoms with Gasteiger partial charge in [0.2, 0.25) is 10.0 Å². The Kier molecular flexibility index (Phi) is 5.22. The summed E-state index contributed by atoms with van der Waals surface area (Å²) >= 11 is 6.03. The van der Waals surface area contributed by atoms with Crippen molar-refractivity contribution in [3.8, 4) is 22.3 Å². The maximum absolute atomic E-state index is 14.6. The van der Waals surface area contributed by atoms with Crippen LogP contribution in [0.1, 0.15) is 5.56 Å². The summed E-state index contributed by atoms with van der Waals surface area (Å²) in [5.74, 6) is -7.16. The van der Waals surface area contributed by atoms with Gasteiger partial charge in [0.1, 0.15) is 0 Å². The smallest absolute Gasteiger partial charge is 0.225 e. The monoisotopic (exact) mass is 429 g/mol. The Morgan fingerprint density at radius 2 is 1.25 bits per heavy atom. The number of hydrogen-bond acceptors (Lipinski definition) is 2. The van der Waals surface area contributed by atoms with Crippen LogP contribution in [0.4, 0.5) is 17.6 Å². The fourth-order valence-electron chi connectivity index (χ4n) is 2.73. The molecule has 0 bridgehead atoms. The van der Waals surface area contributed by atoms with Gasteiger partial charge in [0, 0.05) is 16.1 Å². The Hall–Kier alpha value is -2.42. The average Bonchev–Trinajstić information content (AvgIpc) is 2.64. The summed E-state index contributed by atoms with van der Waals surface area (Å²) in [5, 5.41) is 5.23. The van der Waals surface area contributed by atoms with E-state index in [1.165, 1.54) is 18.2 Å². The highest BCUT2D eigenvalue weighted by molar-refractivity contribution is 7.89. The lowest BCUT2D eigenvalue weighted by Crippen LogP contribution is -2.11. The molecule has 3 rings (SSSR count). The van der Waals surface area contributed by atoms with E-state index < -0.39 is 44.4 Å². The summed E-state index contributed by atoms with van der Waals surface area (Å²) in [7, 11) is -4.03. The second kappa shape index (κ2) is 7.20. The molecular weight excluding hydrogens is 418 g/mol. The maximum Gasteiger partial charge on any atom is 0.238 e. The molecular formula is C19H12ClF4NO2S. The Labute approximate surface area is 163 Å². The van der Waals surface area contributed by atoms with Crippen LogP contribution in [0, 0.1) is 30.2 Å². The molecule has 0 aliphatic carbocycles. The van der Waals surface area contributed by atoms with Gasteiger partial charge < -0.3 is 0 Å². The number of primary sulfonamides is 1. The molecule has 0 unspecified atom stereocenters. The van der Waals surface area contributed by atoms with Crippen molar-refractivity contribution in [1.29, 1.82) is 0 Å². The molecule has 0 spiro atoms. The normalized spacial score (nSPS) is 11.7. The lowest BCUT2D eigenvalue weighted by Gasteiger charge is -2.15. The van der Waals surface area contributed by atoms with E-state index in [0.717, 1.165) is 24.3 Å². The molecule has 0 saturated heterocycles. The van der Waals surface area contributed by atoms with Gasteiger partial charge >= 0.3 is 0 Å². The molecule has 0 aromatic heterocycles. The van der Waals surface area contributed by atoms with E-state index in [4.69, 9.17) is 16.7 Å². The zero-order valence-electron chi connectivity index (χ0n) is 14.2. The summed E-state index contributed by atoms with van der Waals surface area (Å²) < 4.78 is 79.8. The van der Waals surface area contributed by atoms with Gasteiger partial charge in [-0.2, -0.15) is 0 Å². The second-order valence-corrected chi connectivity index (χ2v) is 8.01. The van der Waals surface area contributed by atoms with E-state index in [1.54, 1.807) is 6.92 Å². The summed E-state index contributed by atoms with van der Waals surface area (Å²) in [4.78, 5) is -0.278. The van der Waals surface area contributed by atoms with E-state index in [2.05, 4.69) is 0 Å². The van der Waals surface area contributed by atoms with Gasteiger partial charge in [-0.25, -0.2) is 31.1 Å². The highest BCUT2D eigenvalue weighted by atomic mass is 35.5. The first-order valence-corrected chi connectivity index (χ1v) is 9.70. The topological polar surface area (TPSA) is 60.2 Å². The van der Waals surface area contributed by atoms with Crippen molar-refractivity contribution in [2.24, 2.45) is 5.14 Å². The largest absolute Gasteiger partial charge is 0.238 e. The molecule has 0 saturated carbocycles. The van der Waals surface area contributed by atoms with Gasteiger partial charge in [-0.15, -0.1) is 0 Å². The molecule has 0 aliphatic rings. The molecule has 0 aliphatic heterocycles. The van der Waals surface area contributed by atoms with Crippen molar-refractivity contribution in [1.82, 2.24) is 0 Å². The van der Waals surface area contributed by atoms with Crippen LogP contribution in [0.5, 0.6) is 0 Å². The third-order valence-electron chi connectivity index (χ3n) is 4.20. The third kappa shape index (κ3) is 3.50. The van der Waals surface area contributed by atoms with Crippen LogP contribution in [0.2, 0.25) is 5.02 Å². The SMILES string of the molecule is Cc1ccc(-c2c(F)c(F)c(F)c(F)c2-c2ccc(S(N)(=O)=O)cc2)cc1Cl. The summed E-state index contributed by atoms with van der Waals surface area (Å²) in [6, 6.07) is 8.55. The minimum absolute atomic E-state index is 0.0245. The number of benzene rings is 3. The quantitative estimate of drug-likeness (QED) is 0.354. The molecule has 3 aromatic rings. The van der Waals surface area contributed by atoms with Crippen molar-refractivity contribution in [3.05, 3.63) is 76.3 Å². The summed E-state index contributed by atoms with van der Waals surface area (Å²) in [6.45, 7) is 1.68. The minimum Gasteiger partial charge on any atom is -0.225 e. The number of halogens is 5. The summed E-state index contributed by atoms with van der Waals surface area (Å²) in [6.07, 6.45) is 0. The number of aryl methyl sites for hydroxylation is 1. The molecule has 146 valence electrons. The predicted octanol–water partition coefficient (Wildman–Crippen LogP) is 5.19. The molecule has 3 nitrogen and oxygen atoms in total. The van der Waals surface area contributed by atoms with Gasteiger partial charge in [0.05, 0.1) is 4.90 Å². The third-order valence-corrected chi connectivity index (χ3v) is 5.54. The van der Waals surface area contributed by atoms with Crippen molar-refractivity contribution in [3.63, 3.8) is 0 Å². The molecule has 0 amide bonds. The number of rotatable bonds is 3. The van der Waals surface area contributed by atoms with Gasteiger partial charge in [0.15, 0.2) is 23.3 Å². The molecule has 0 fully saturated rings. The average molecular weight is 430 g/mol. The maximum atomic E-state index is 14.6. The molecule has 0 heterocycles.